The molecule has 3 heterocycles. The number of aromatic amines is 1. The fraction of sp³-hybridized carbons (Fsp3) is 0.206. The number of nitrogens with one attached hydrogen (secondary N) is 1. The molecule has 1 aliphatic rings. The van der Waals surface area contributed by atoms with E-state index in [2.05, 4.69) is 20.9 Å². The van der Waals surface area contributed by atoms with Gasteiger partial charge in [-0.1, -0.05) is 75.8 Å². The van der Waals surface area contributed by atoms with Crippen LogP contribution in [0.1, 0.15) is 37.9 Å². The van der Waals surface area contributed by atoms with E-state index in [0.29, 0.717) is 43.2 Å². The van der Waals surface area contributed by atoms with Crippen molar-refractivity contribution in [2.45, 2.75) is 26.8 Å². The van der Waals surface area contributed by atoms with Gasteiger partial charge >= 0.3 is 5.97 Å². The van der Waals surface area contributed by atoms with Crippen LogP contribution in [0.2, 0.25) is 0 Å². The van der Waals surface area contributed by atoms with Crippen LogP contribution in [0.15, 0.2) is 92.3 Å². The number of carbonyl (C=O) groups is 1. The number of hydrogen-bond acceptors (Lipinski definition) is 7. The number of carbonyl (C=O) groups excluding carboxylic acids is 1. The molecule has 0 spiro atoms. The van der Waals surface area contributed by atoms with Gasteiger partial charge in [-0.3, -0.25) is 9.36 Å². The van der Waals surface area contributed by atoms with Crippen LogP contribution in [0.4, 0.5) is 0 Å². The zero-order valence-corrected chi connectivity index (χ0v) is 27.0. The molecule has 0 aliphatic carbocycles. The van der Waals surface area contributed by atoms with Gasteiger partial charge in [-0.25, -0.2) is 9.79 Å². The number of esters is 1. The van der Waals surface area contributed by atoms with E-state index < -0.39 is 12.0 Å². The van der Waals surface area contributed by atoms with E-state index in [1.807, 2.05) is 67.6 Å². The summed E-state index contributed by atoms with van der Waals surface area (Å²) in [5, 5.41) is 0.996. The lowest BCUT2D eigenvalue weighted by molar-refractivity contribution is -0.139. The van der Waals surface area contributed by atoms with E-state index in [4.69, 9.17) is 19.2 Å². The van der Waals surface area contributed by atoms with Gasteiger partial charge in [-0.05, 0) is 56.2 Å². The summed E-state index contributed by atoms with van der Waals surface area (Å²) >= 11 is 4.97. The Kier molecular flexibility index (Phi) is 8.29. The number of ether oxygens (including phenoxy) is 3. The Hall–Kier alpha value is -4.41. The first-order valence-corrected chi connectivity index (χ1v) is 15.8. The van der Waals surface area contributed by atoms with Crippen LogP contribution in [0.5, 0.6) is 11.5 Å². The molecule has 0 fully saturated rings. The summed E-state index contributed by atoms with van der Waals surface area (Å²) in [4.78, 5) is 36.6. The number of hydrogen-bond donors (Lipinski definition) is 1. The molecule has 0 saturated carbocycles. The number of benzene rings is 3. The summed E-state index contributed by atoms with van der Waals surface area (Å²) in [5.41, 5.74) is 4.94. The minimum absolute atomic E-state index is 0.184. The van der Waals surface area contributed by atoms with E-state index in [1.54, 1.807) is 37.7 Å². The quantitative estimate of drug-likeness (QED) is 0.201. The zero-order valence-electron chi connectivity index (χ0n) is 24.6. The number of thiazole rings is 1. The Labute approximate surface area is 266 Å². The van der Waals surface area contributed by atoms with Crippen molar-refractivity contribution >= 4 is 50.2 Å². The first kappa shape index (κ1) is 29.7. The molecule has 0 unspecified atom stereocenters. The standard InChI is InChI=1S/C34H30BrN3O5S/c1-5-42-27-18-24(35)23(16-26(27)41-4)31-29(33(40)43-6-2)19(3)36-34-38(31)32(39)28(44-34)17-22-21-14-10-11-15-25(21)37-30(22)20-12-8-7-9-13-20/h7-18,31,37H,5-6H2,1-4H3/b28-17+/t31-/m1/s1. The number of halogens is 1. The number of H-pyrrole nitrogens is 1. The summed E-state index contributed by atoms with van der Waals surface area (Å²) in [5.74, 6) is 0.497. The average molecular weight is 673 g/mol. The van der Waals surface area contributed by atoms with Gasteiger partial charge in [0.05, 0.1) is 47.9 Å². The average Bonchev–Trinajstić information content (AvgIpc) is 3.54. The Morgan fingerprint density at radius 1 is 1.07 bits per heavy atom. The van der Waals surface area contributed by atoms with Gasteiger partial charge < -0.3 is 19.2 Å². The maximum absolute atomic E-state index is 14.4. The smallest absolute Gasteiger partial charge is 0.338 e. The van der Waals surface area contributed by atoms with E-state index >= 15 is 0 Å². The normalized spacial score (nSPS) is 14.8. The van der Waals surface area contributed by atoms with Gasteiger partial charge in [0.1, 0.15) is 0 Å². The van der Waals surface area contributed by atoms with Gasteiger partial charge in [-0.15, -0.1) is 0 Å². The monoisotopic (exact) mass is 671 g/mol. The van der Waals surface area contributed by atoms with Crippen molar-refractivity contribution in [3.05, 3.63) is 113 Å². The Balaban J connectivity index is 1.62. The van der Waals surface area contributed by atoms with Crippen LogP contribution in [-0.2, 0) is 9.53 Å². The maximum atomic E-state index is 14.4. The molecule has 1 N–H and O–H groups in total. The molecule has 6 rings (SSSR count). The van der Waals surface area contributed by atoms with E-state index in [0.717, 1.165) is 27.7 Å². The molecule has 224 valence electrons. The fourth-order valence-electron chi connectivity index (χ4n) is 5.55. The van der Waals surface area contributed by atoms with E-state index in [9.17, 15) is 9.59 Å². The lowest BCUT2D eigenvalue weighted by atomic mass is 9.95. The van der Waals surface area contributed by atoms with Crippen LogP contribution in [0.3, 0.4) is 0 Å². The molecule has 10 heteroatoms. The molecule has 0 amide bonds. The van der Waals surface area contributed by atoms with Crippen LogP contribution in [0.25, 0.3) is 28.2 Å². The molecule has 1 atom stereocenters. The Bertz CT molecular complexity index is 2110. The summed E-state index contributed by atoms with van der Waals surface area (Å²) in [6.07, 6.45) is 1.92. The summed E-state index contributed by atoms with van der Waals surface area (Å²) in [6.45, 7) is 6.04. The number of nitrogens with zero attached hydrogens (tertiary/aromatic N) is 2. The first-order valence-electron chi connectivity index (χ1n) is 14.2. The highest BCUT2D eigenvalue weighted by molar-refractivity contribution is 9.10. The van der Waals surface area contributed by atoms with E-state index in [-0.39, 0.29) is 17.7 Å². The molecule has 5 aromatic rings. The lowest BCUT2D eigenvalue weighted by Crippen LogP contribution is -2.40. The molecule has 8 nitrogen and oxygen atoms in total. The summed E-state index contributed by atoms with van der Waals surface area (Å²) in [7, 11) is 1.56. The number of methoxy groups -OCH3 is 1. The number of rotatable bonds is 8. The van der Waals surface area contributed by atoms with Crippen LogP contribution >= 0.6 is 27.3 Å². The third kappa shape index (κ3) is 5.18. The fourth-order valence-corrected chi connectivity index (χ4v) is 7.12. The third-order valence-corrected chi connectivity index (χ3v) is 9.15. The summed E-state index contributed by atoms with van der Waals surface area (Å²) < 4.78 is 19.6. The minimum atomic E-state index is -0.817. The molecular formula is C34H30BrN3O5S. The number of fused-ring (bicyclic) bond motifs is 2. The van der Waals surface area contributed by atoms with Crippen molar-refractivity contribution in [1.29, 1.82) is 0 Å². The largest absolute Gasteiger partial charge is 0.493 e. The van der Waals surface area contributed by atoms with E-state index in [1.165, 1.54) is 11.3 Å². The Morgan fingerprint density at radius 2 is 1.82 bits per heavy atom. The van der Waals surface area contributed by atoms with Crippen LogP contribution in [-0.4, -0.2) is 35.8 Å². The minimum Gasteiger partial charge on any atom is -0.493 e. The van der Waals surface area contributed by atoms with Crippen molar-refractivity contribution in [1.82, 2.24) is 9.55 Å². The van der Waals surface area contributed by atoms with Crippen LogP contribution < -0.4 is 24.4 Å². The van der Waals surface area contributed by atoms with Gasteiger partial charge in [-0.2, -0.15) is 0 Å². The van der Waals surface area contributed by atoms with Crippen molar-refractivity contribution in [2.75, 3.05) is 20.3 Å². The highest BCUT2D eigenvalue weighted by Crippen LogP contribution is 2.41. The highest BCUT2D eigenvalue weighted by atomic mass is 79.9. The molecule has 3 aromatic carbocycles. The number of allylic oxidation sites excluding steroid dienone is 1. The van der Waals surface area contributed by atoms with Crippen molar-refractivity contribution in [3.8, 4) is 22.8 Å². The second kappa shape index (κ2) is 12.3. The predicted octanol–water partition coefficient (Wildman–Crippen LogP) is 6.12. The summed E-state index contributed by atoms with van der Waals surface area (Å²) in [6, 6.07) is 20.8. The van der Waals surface area contributed by atoms with Gasteiger partial charge in [0, 0.05) is 20.9 Å². The number of aromatic nitrogens is 2. The molecule has 44 heavy (non-hydrogen) atoms. The van der Waals surface area contributed by atoms with Gasteiger partial charge in [0.15, 0.2) is 16.3 Å². The number of para-hydroxylation sites is 1. The zero-order chi connectivity index (χ0) is 31.0. The third-order valence-electron chi connectivity index (χ3n) is 7.48. The molecule has 1 aliphatic heterocycles. The van der Waals surface area contributed by atoms with Gasteiger partial charge in [0.2, 0.25) is 0 Å². The molecule has 0 radical (unpaired) electrons. The molecule has 2 aromatic heterocycles. The molecule has 0 saturated heterocycles. The lowest BCUT2D eigenvalue weighted by Gasteiger charge is -2.26. The second-order valence-electron chi connectivity index (χ2n) is 10.1. The van der Waals surface area contributed by atoms with Crippen molar-refractivity contribution in [2.24, 2.45) is 4.99 Å². The topological polar surface area (TPSA) is 94.9 Å². The molecule has 0 bridgehead atoms. The predicted molar refractivity (Wildman–Crippen MR) is 176 cm³/mol. The van der Waals surface area contributed by atoms with Crippen molar-refractivity contribution in [3.63, 3.8) is 0 Å². The Morgan fingerprint density at radius 3 is 2.55 bits per heavy atom. The SMILES string of the molecule is CCOC(=O)C1=C(C)N=c2s/c(=C/c3c(-c4ccccc4)[nH]c4ccccc34)c(=O)n2[C@@H]1c1cc(OC)c(OCC)cc1Br. The van der Waals surface area contributed by atoms with Crippen LogP contribution in [0, 0.1) is 0 Å². The van der Waals surface area contributed by atoms with Crippen molar-refractivity contribution < 1.29 is 19.0 Å². The first-order chi connectivity index (χ1) is 21.4. The second-order valence-corrected chi connectivity index (χ2v) is 11.9. The van der Waals surface area contributed by atoms with Gasteiger partial charge in [0.25, 0.3) is 5.56 Å². The highest BCUT2D eigenvalue weighted by Gasteiger charge is 2.35. The maximum Gasteiger partial charge on any atom is 0.338 e. The molecular weight excluding hydrogens is 642 g/mol.